The third kappa shape index (κ3) is 7.90. The topological polar surface area (TPSA) is 124 Å². The summed E-state index contributed by atoms with van der Waals surface area (Å²) in [6.45, 7) is 1.33. The van der Waals surface area contributed by atoms with E-state index in [0.717, 1.165) is 22.5 Å². The number of hydrogen-bond acceptors (Lipinski definition) is 12. The molecule has 0 aliphatic heterocycles. The molecule has 11 nitrogen and oxygen atoms in total. The molecular formula is C30H35F3N6O5S. The van der Waals surface area contributed by atoms with Gasteiger partial charge in [-0.1, -0.05) is 24.3 Å². The van der Waals surface area contributed by atoms with Crippen molar-refractivity contribution in [2.24, 2.45) is 0 Å². The second-order valence-corrected chi connectivity index (χ2v) is 11.8. The average molecular weight is 649 g/mol. The molecule has 0 bridgehead atoms. The first kappa shape index (κ1) is 32.6. The van der Waals surface area contributed by atoms with Crippen LogP contribution in [0.25, 0.3) is 21.5 Å². The van der Waals surface area contributed by atoms with Gasteiger partial charge in [0, 0.05) is 43.3 Å². The lowest BCUT2D eigenvalue weighted by molar-refractivity contribution is -0.126. The van der Waals surface area contributed by atoms with Gasteiger partial charge in [-0.3, -0.25) is 0 Å². The number of aliphatic hydroxyl groups excluding tert-OH is 1. The number of anilines is 1. The van der Waals surface area contributed by atoms with E-state index in [4.69, 9.17) is 18.9 Å². The van der Waals surface area contributed by atoms with Crippen molar-refractivity contribution in [3.05, 3.63) is 46.8 Å². The summed E-state index contributed by atoms with van der Waals surface area (Å²) in [6, 6.07) is 10.9. The van der Waals surface area contributed by atoms with E-state index in [0.29, 0.717) is 66.0 Å². The van der Waals surface area contributed by atoms with Gasteiger partial charge in [-0.2, -0.15) is 23.1 Å². The lowest BCUT2D eigenvalue weighted by Crippen LogP contribution is -2.38. The maximum atomic E-state index is 13.1. The van der Waals surface area contributed by atoms with Crippen molar-refractivity contribution in [3.8, 4) is 28.9 Å². The smallest absolute Gasteiger partial charge is 0.393 e. The minimum Gasteiger partial charge on any atom is -0.491 e. The molecule has 0 amide bonds. The molecular weight excluding hydrogens is 613 g/mol. The molecule has 3 aromatic heterocycles. The van der Waals surface area contributed by atoms with Gasteiger partial charge in [0.25, 0.3) is 5.88 Å². The van der Waals surface area contributed by atoms with Crippen molar-refractivity contribution in [2.75, 3.05) is 46.5 Å². The number of likely N-dealkylation sites (N-methyl/N-ethyl adjacent to an activating group) is 1. The largest absolute Gasteiger partial charge is 0.491 e. The predicted molar refractivity (Wildman–Crippen MR) is 163 cm³/mol. The Hall–Kier alpha value is -3.79. The maximum Gasteiger partial charge on any atom is 0.393 e. The highest BCUT2D eigenvalue weighted by molar-refractivity contribution is 7.18. The van der Waals surface area contributed by atoms with E-state index in [2.05, 4.69) is 25.5 Å². The third-order valence-electron chi connectivity index (χ3n) is 7.61. The van der Waals surface area contributed by atoms with Crippen LogP contribution < -0.4 is 24.4 Å². The number of methoxy groups -OCH3 is 3. The van der Waals surface area contributed by atoms with Crippen molar-refractivity contribution in [3.63, 3.8) is 0 Å². The molecule has 0 unspecified atom stereocenters. The van der Waals surface area contributed by atoms with Crippen molar-refractivity contribution < 1.29 is 37.2 Å². The van der Waals surface area contributed by atoms with Gasteiger partial charge in [-0.25, -0.2) is 0 Å². The fourth-order valence-electron chi connectivity index (χ4n) is 5.34. The molecule has 1 aliphatic carbocycles. The SMILES string of the molecule is COCCOc1nnc(-c2ccc(CN[C@H]3C[C@@H](O)[C@@H](N(C)c4nc(OC)nc5sc(CC(F)(F)F)cc45)C3)cc2)cc1OC. The third-order valence-corrected chi connectivity index (χ3v) is 8.63. The molecule has 3 heterocycles. The number of rotatable bonds is 13. The van der Waals surface area contributed by atoms with Crippen LogP contribution in [0.15, 0.2) is 36.4 Å². The summed E-state index contributed by atoms with van der Waals surface area (Å²) in [7, 11) is 6.33. The minimum absolute atomic E-state index is 0.00963. The van der Waals surface area contributed by atoms with Crippen molar-refractivity contribution >= 4 is 27.4 Å². The number of aliphatic hydroxyl groups is 1. The molecule has 0 radical (unpaired) electrons. The number of ether oxygens (including phenoxy) is 4. The molecule has 1 fully saturated rings. The molecule has 1 aromatic carbocycles. The lowest BCUT2D eigenvalue weighted by Gasteiger charge is -2.28. The van der Waals surface area contributed by atoms with E-state index in [-0.39, 0.29) is 23.0 Å². The molecule has 3 atom stereocenters. The number of halogens is 3. The van der Waals surface area contributed by atoms with Gasteiger partial charge < -0.3 is 34.3 Å². The first-order chi connectivity index (χ1) is 21.6. The molecule has 15 heteroatoms. The fourth-order valence-corrected chi connectivity index (χ4v) is 6.39. The maximum absolute atomic E-state index is 13.1. The van der Waals surface area contributed by atoms with Crippen molar-refractivity contribution in [1.82, 2.24) is 25.5 Å². The van der Waals surface area contributed by atoms with Crippen LogP contribution in [0.4, 0.5) is 19.0 Å². The Morgan fingerprint density at radius 3 is 2.49 bits per heavy atom. The van der Waals surface area contributed by atoms with Crippen LogP contribution in [-0.2, 0) is 17.7 Å². The molecule has 5 rings (SSSR count). The van der Waals surface area contributed by atoms with E-state index in [1.54, 1.807) is 27.3 Å². The summed E-state index contributed by atoms with van der Waals surface area (Å²) in [4.78, 5) is 11.1. The summed E-state index contributed by atoms with van der Waals surface area (Å²) in [5.74, 6) is 1.20. The second kappa shape index (κ2) is 14.1. The zero-order valence-corrected chi connectivity index (χ0v) is 26.1. The number of nitrogens with zero attached hydrogens (tertiary/aromatic N) is 5. The number of thiophene rings is 1. The van der Waals surface area contributed by atoms with Gasteiger partial charge in [-0.05, 0) is 24.5 Å². The standard InChI is InChI=1S/C30H35F3N6O5S/c1-39(26-21-13-20(15-30(31,32)33)45-28(21)36-29(35-26)43-4)23-11-19(12-24(23)40)34-16-17-5-7-18(8-6-17)22-14-25(42-3)27(38-37-22)44-10-9-41-2/h5-8,13-14,19,23-24,34,40H,9-12,15-16H2,1-4H3/t19-,23+,24-/m1/s1. The molecule has 45 heavy (non-hydrogen) atoms. The highest BCUT2D eigenvalue weighted by Gasteiger charge is 2.37. The molecule has 1 saturated carbocycles. The van der Waals surface area contributed by atoms with Gasteiger partial charge >= 0.3 is 12.2 Å². The Morgan fingerprint density at radius 1 is 1.02 bits per heavy atom. The summed E-state index contributed by atoms with van der Waals surface area (Å²) in [5, 5.41) is 23.4. The Labute approximate surface area is 262 Å². The summed E-state index contributed by atoms with van der Waals surface area (Å²) in [6.07, 6.45) is -4.93. The molecule has 0 spiro atoms. The zero-order valence-electron chi connectivity index (χ0n) is 25.3. The normalized spacial score (nSPS) is 18.4. The van der Waals surface area contributed by atoms with Crippen LogP contribution in [0.2, 0.25) is 0 Å². The van der Waals surface area contributed by atoms with Crippen LogP contribution in [0, 0.1) is 0 Å². The number of nitrogens with one attached hydrogen (secondary N) is 1. The van der Waals surface area contributed by atoms with Gasteiger partial charge in [0.1, 0.15) is 17.3 Å². The van der Waals surface area contributed by atoms with Gasteiger partial charge in [-0.15, -0.1) is 21.5 Å². The van der Waals surface area contributed by atoms with E-state index in [1.807, 2.05) is 29.2 Å². The highest BCUT2D eigenvalue weighted by atomic mass is 32.1. The van der Waals surface area contributed by atoms with E-state index >= 15 is 0 Å². The van der Waals surface area contributed by atoms with Gasteiger partial charge in [0.2, 0.25) is 0 Å². The predicted octanol–water partition coefficient (Wildman–Crippen LogP) is 4.41. The van der Waals surface area contributed by atoms with Crippen molar-refractivity contribution in [2.45, 2.75) is 50.2 Å². The molecule has 4 aromatic rings. The molecule has 1 aliphatic rings. The van der Waals surface area contributed by atoms with Crippen LogP contribution in [-0.4, -0.2) is 91.2 Å². The van der Waals surface area contributed by atoms with Crippen LogP contribution in [0.5, 0.6) is 17.6 Å². The first-order valence-corrected chi connectivity index (χ1v) is 15.1. The Balaban J connectivity index is 1.22. The quantitative estimate of drug-likeness (QED) is 0.200. The minimum atomic E-state index is -4.34. The molecule has 2 N–H and O–H groups in total. The highest BCUT2D eigenvalue weighted by Crippen LogP contribution is 2.37. The lowest BCUT2D eigenvalue weighted by atomic mass is 10.1. The number of alkyl halides is 3. The Bertz CT molecular complexity index is 1590. The van der Waals surface area contributed by atoms with E-state index in [1.165, 1.54) is 13.2 Å². The summed E-state index contributed by atoms with van der Waals surface area (Å²) >= 11 is 0.964. The fraction of sp³-hybridized carbons (Fsp3) is 0.467. The summed E-state index contributed by atoms with van der Waals surface area (Å²) in [5.41, 5.74) is 2.55. The number of hydrogen-bond donors (Lipinski definition) is 2. The average Bonchev–Trinajstić information content (AvgIpc) is 3.60. The molecule has 0 saturated heterocycles. The van der Waals surface area contributed by atoms with E-state index < -0.39 is 18.7 Å². The van der Waals surface area contributed by atoms with Gasteiger partial charge in [0.05, 0.1) is 50.5 Å². The Morgan fingerprint density at radius 2 is 1.80 bits per heavy atom. The van der Waals surface area contributed by atoms with Crippen LogP contribution >= 0.6 is 11.3 Å². The second-order valence-electron chi connectivity index (χ2n) is 10.7. The number of aromatic nitrogens is 4. The first-order valence-electron chi connectivity index (χ1n) is 14.3. The van der Waals surface area contributed by atoms with E-state index in [9.17, 15) is 18.3 Å². The monoisotopic (exact) mass is 648 g/mol. The Kier molecular flexibility index (Phi) is 10.2. The van der Waals surface area contributed by atoms with Gasteiger partial charge in [0.15, 0.2) is 5.75 Å². The van der Waals surface area contributed by atoms with Crippen LogP contribution in [0.3, 0.4) is 0 Å². The van der Waals surface area contributed by atoms with Crippen LogP contribution in [0.1, 0.15) is 23.3 Å². The van der Waals surface area contributed by atoms with Crippen molar-refractivity contribution in [1.29, 1.82) is 0 Å². The number of benzene rings is 1. The zero-order chi connectivity index (χ0) is 32.1. The number of fused-ring (bicyclic) bond motifs is 1. The molecule has 242 valence electrons. The summed E-state index contributed by atoms with van der Waals surface area (Å²) < 4.78 is 60.4.